The Bertz CT molecular complexity index is 896. The zero-order valence-electron chi connectivity index (χ0n) is 16.7. The predicted octanol–water partition coefficient (Wildman–Crippen LogP) is 1.95. The van der Waals surface area contributed by atoms with Crippen molar-refractivity contribution in [2.24, 2.45) is 0 Å². The fourth-order valence-electron chi connectivity index (χ4n) is 3.98. The number of hydrogen-bond donors (Lipinski definition) is 0. The summed E-state index contributed by atoms with van der Waals surface area (Å²) in [5.41, 5.74) is 1.79. The molecule has 3 heterocycles. The minimum atomic E-state index is -0.609. The lowest BCUT2D eigenvalue weighted by Crippen LogP contribution is -2.52. The monoisotopic (exact) mass is 400 g/mol. The van der Waals surface area contributed by atoms with Gasteiger partial charge in [-0.25, -0.2) is 4.39 Å². The summed E-state index contributed by atoms with van der Waals surface area (Å²) in [6.07, 6.45) is 3.38. The normalized spacial score (nSPS) is 24.7. The van der Waals surface area contributed by atoms with Gasteiger partial charge in [-0.1, -0.05) is 6.07 Å². The third kappa shape index (κ3) is 4.44. The van der Waals surface area contributed by atoms with Gasteiger partial charge in [0, 0.05) is 51.2 Å². The topological polar surface area (TPSA) is 67.8 Å². The maximum absolute atomic E-state index is 13.5. The number of nitrogens with zero attached hydrogens (tertiary/aromatic N) is 4. The summed E-state index contributed by atoms with van der Waals surface area (Å²) in [5, 5.41) is 0. The van der Waals surface area contributed by atoms with E-state index in [2.05, 4.69) is 14.9 Å². The van der Waals surface area contributed by atoms with Crippen LogP contribution in [0.25, 0.3) is 0 Å². The number of ether oxygens (including phenoxy) is 2. The van der Waals surface area contributed by atoms with Crippen LogP contribution in [0.5, 0.6) is 0 Å². The van der Waals surface area contributed by atoms with Crippen LogP contribution in [0.4, 0.5) is 10.1 Å². The van der Waals surface area contributed by atoms with Gasteiger partial charge in [0.15, 0.2) is 0 Å². The minimum Gasteiger partial charge on any atom is -0.370 e. The highest BCUT2D eigenvalue weighted by molar-refractivity contribution is 5.96. The van der Waals surface area contributed by atoms with E-state index in [0.717, 1.165) is 17.9 Å². The summed E-state index contributed by atoms with van der Waals surface area (Å²) in [6.45, 7) is 4.99. The lowest BCUT2D eigenvalue weighted by molar-refractivity contribution is -0.127. The average Bonchev–Trinajstić information content (AvgIpc) is 3.10. The summed E-state index contributed by atoms with van der Waals surface area (Å²) >= 11 is 0. The molecule has 154 valence electrons. The van der Waals surface area contributed by atoms with Crippen LogP contribution in [0.1, 0.15) is 17.8 Å². The predicted molar refractivity (Wildman–Crippen MR) is 105 cm³/mol. The van der Waals surface area contributed by atoms with Crippen LogP contribution in [0.15, 0.2) is 36.7 Å². The van der Waals surface area contributed by atoms with Crippen molar-refractivity contribution in [3.05, 3.63) is 53.9 Å². The fraction of sp³-hybridized carbons (Fsp3) is 0.476. The molecule has 2 aliphatic heterocycles. The minimum absolute atomic E-state index is 0.197. The molecule has 1 amide bonds. The van der Waals surface area contributed by atoms with Gasteiger partial charge in [-0.2, -0.15) is 0 Å². The van der Waals surface area contributed by atoms with Crippen LogP contribution in [0, 0.1) is 12.7 Å². The molecule has 29 heavy (non-hydrogen) atoms. The van der Waals surface area contributed by atoms with Gasteiger partial charge in [0.2, 0.25) is 0 Å². The molecule has 1 spiro atoms. The first kappa shape index (κ1) is 19.9. The van der Waals surface area contributed by atoms with E-state index < -0.39 is 11.7 Å². The average molecular weight is 400 g/mol. The van der Waals surface area contributed by atoms with Gasteiger partial charge < -0.3 is 14.4 Å². The second-order valence-electron chi connectivity index (χ2n) is 7.77. The van der Waals surface area contributed by atoms with Crippen molar-refractivity contribution in [2.75, 3.05) is 38.3 Å². The van der Waals surface area contributed by atoms with E-state index in [4.69, 9.17) is 9.47 Å². The Labute approximate surface area is 169 Å². The van der Waals surface area contributed by atoms with E-state index in [1.165, 1.54) is 17.0 Å². The maximum atomic E-state index is 13.5. The molecule has 0 saturated carbocycles. The van der Waals surface area contributed by atoms with E-state index in [9.17, 15) is 9.18 Å². The Kier molecular flexibility index (Phi) is 5.58. The first-order chi connectivity index (χ1) is 13.9. The van der Waals surface area contributed by atoms with Crippen molar-refractivity contribution in [3.63, 3.8) is 0 Å². The quantitative estimate of drug-likeness (QED) is 0.782. The van der Waals surface area contributed by atoms with Gasteiger partial charge in [-0.3, -0.25) is 19.7 Å². The van der Waals surface area contributed by atoms with Crippen molar-refractivity contribution in [1.29, 1.82) is 0 Å². The molecule has 0 aliphatic carbocycles. The Morgan fingerprint density at radius 3 is 3.07 bits per heavy atom. The zero-order chi connectivity index (χ0) is 20.4. The Balaban J connectivity index is 1.40. The number of rotatable bonds is 4. The third-order valence-corrected chi connectivity index (χ3v) is 5.42. The molecular weight excluding hydrogens is 375 g/mol. The Morgan fingerprint density at radius 2 is 2.28 bits per heavy atom. The smallest absolute Gasteiger partial charge is 0.255 e. The van der Waals surface area contributed by atoms with Gasteiger partial charge >= 0.3 is 0 Å². The van der Waals surface area contributed by atoms with E-state index >= 15 is 0 Å². The number of carbonyl (C=O) groups is 1. The standard InChI is InChI=1S/C21H25FN4O3/c1-15-10-23-11-17(24-15)12-26-6-7-29-21(13-26)9-19(28-14-21)20(27)25(2)18-5-3-4-16(22)8-18/h3-5,8,10-11,19H,6-7,9,12-14H2,1-2H3. The van der Waals surface area contributed by atoms with Crippen LogP contribution < -0.4 is 4.90 Å². The Morgan fingerprint density at radius 1 is 1.41 bits per heavy atom. The van der Waals surface area contributed by atoms with Crippen molar-refractivity contribution >= 4 is 11.6 Å². The number of halogens is 1. The first-order valence-corrected chi connectivity index (χ1v) is 9.73. The number of amides is 1. The zero-order valence-corrected chi connectivity index (χ0v) is 16.7. The molecule has 2 saturated heterocycles. The third-order valence-electron chi connectivity index (χ3n) is 5.42. The van der Waals surface area contributed by atoms with Gasteiger partial charge in [-0.05, 0) is 25.1 Å². The van der Waals surface area contributed by atoms with Gasteiger partial charge in [0.1, 0.15) is 17.5 Å². The SMILES string of the molecule is Cc1cncc(CN2CCOC3(COC(C(=O)N(C)c4cccc(F)c4)C3)C2)n1. The molecule has 1 aromatic heterocycles. The molecule has 2 unspecified atom stereocenters. The highest BCUT2D eigenvalue weighted by atomic mass is 19.1. The summed E-state index contributed by atoms with van der Waals surface area (Å²) in [7, 11) is 1.63. The second kappa shape index (κ2) is 8.14. The van der Waals surface area contributed by atoms with E-state index in [-0.39, 0.29) is 11.7 Å². The molecule has 0 radical (unpaired) electrons. The summed E-state index contributed by atoms with van der Waals surface area (Å²) in [6, 6.07) is 5.98. The highest BCUT2D eigenvalue weighted by Gasteiger charge is 2.47. The molecule has 1 aromatic carbocycles. The number of anilines is 1. The van der Waals surface area contributed by atoms with Crippen LogP contribution in [-0.2, 0) is 20.8 Å². The maximum Gasteiger partial charge on any atom is 0.255 e. The number of likely N-dealkylation sites (N-methyl/N-ethyl adjacent to an activating group) is 1. The van der Waals surface area contributed by atoms with Gasteiger partial charge in [-0.15, -0.1) is 0 Å². The van der Waals surface area contributed by atoms with Gasteiger partial charge in [0.05, 0.1) is 24.6 Å². The molecule has 0 bridgehead atoms. The lowest BCUT2D eigenvalue weighted by Gasteiger charge is -2.39. The van der Waals surface area contributed by atoms with Crippen LogP contribution >= 0.6 is 0 Å². The highest BCUT2D eigenvalue weighted by Crippen LogP contribution is 2.33. The molecule has 2 aromatic rings. The van der Waals surface area contributed by atoms with Crippen LogP contribution in [-0.4, -0.2) is 65.8 Å². The number of aromatic nitrogens is 2. The molecule has 2 atom stereocenters. The van der Waals surface area contributed by atoms with Crippen molar-refractivity contribution in [2.45, 2.75) is 31.6 Å². The van der Waals surface area contributed by atoms with Crippen molar-refractivity contribution < 1.29 is 18.7 Å². The van der Waals surface area contributed by atoms with E-state index in [0.29, 0.717) is 38.4 Å². The summed E-state index contributed by atoms with van der Waals surface area (Å²) < 4.78 is 25.4. The van der Waals surface area contributed by atoms with E-state index in [1.807, 2.05) is 6.92 Å². The summed E-state index contributed by atoms with van der Waals surface area (Å²) in [4.78, 5) is 25.3. The first-order valence-electron chi connectivity index (χ1n) is 9.73. The van der Waals surface area contributed by atoms with E-state index in [1.54, 1.807) is 31.6 Å². The second-order valence-corrected chi connectivity index (χ2v) is 7.77. The molecule has 8 heteroatoms. The fourth-order valence-corrected chi connectivity index (χ4v) is 3.98. The number of benzene rings is 1. The van der Waals surface area contributed by atoms with Gasteiger partial charge in [0.25, 0.3) is 5.91 Å². The van der Waals surface area contributed by atoms with Crippen molar-refractivity contribution in [1.82, 2.24) is 14.9 Å². The molecule has 7 nitrogen and oxygen atoms in total. The molecule has 2 fully saturated rings. The molecule has 2 aliphatic rings. The molecule has 0 N–H and O–H groups in total. The summed E-state index contributed by atoms with van der Waals surface area (Å²) in [5.74, 6) is -0.575. The molecular formula is C21H25FN4O3. The number of hydrogen-bond acceptors (Lipinski definition) is 6. The van der Waals surface area contributed by atoms with Crippen LogP contribution in [0.3, 0.4) is 0 Å². The number of carbonyl (C=O) groups excluding carboxylic acids is 1. The largest absolute Gasteiger partial charge is 0.370 e. The van der Waals surface area contributed by atoms with Crippen molar-refractivity contribution in [3.8, 4) is 0 Å². The lowest BCUT2D eigenvalue weighted by atomic mass is 9.97. The van der Waals surface area contributed by atoms with Crippen LogP contribution in [0.2, 0.25) is 0 Å². The Hall–Kier alpha value is -2.42. The number of morpholine rings is 1. The number of aryl methyl sites for hydroxylation is 1. The molecule has 4 rings (SSSR count).